The standard InChI is InChI=1S/C12H17ClN2OS/c1-12(2,7-16)15(3)10-5-4-8(13)6-9(10)11(14)17/h4-6,16H,7H2,1-3H3,(H2,14,17). The number of likely N-dealkylation sites (N-methyl/N-ethyl adjacent to an activating group) is 1. The van der Waals surface area contributed by atoms with Crippen molar-refractivity contribution in [3.05, 3.63) is 28.8 Å². The third kappa shape index (κ3) is 3.09. The van der Waals surface area contributed by atoms with Crippen LogP contribution >= 0.6 is 23.8 Å². The Kier molecular flexibility index (Phi) is 4.36. The number of anilines is 1. The average molecular weight is 273 g/mol. The summed E-state index contributed by atoms with van der Waals surface area (Å²) >= 11 is 10.9. The highest BCUT2D eigenvalue weighted by molar-refractivity contribution is 7.80. The smallest absolute Gasteiger partial charge is 0.106 e. The molecule has 0 fully saturated rings. The van der Waals surface area contributed by atoms with Crippen molar-refractivity contribution in [1.29, 1.82) is 0 Å². The summed E-state index contributed by atoms with van der Waals surface area (Å²) in [5.41, 5.74) is 6.88. The van der Waals surface area contributed by atoms with Gasteiger partial charge in [0.05, 0.1) is 12.1 Å². The third-order valence-electron chi connectivity index (χ3n) is 2.88. The summed E-state index contributed by atoms with van der Waals surface area (Å²) in [5, 5.41) is 9.97. The highest BCUT2D eigenvalue weighted by Gasteiger charge is 2.25. The van der Waals surface area contributed by atoms with Crippen LogP contribution in [-0.4, -0.2) is 29.3 Å². The van der Waals surface area contributed by atoms with E-state index in [1.54, 1.807) is 12.1 Å². The zero-order valence-corrected chi connectivity index (χ0v) is 11.8. The van der Waals surface area contributed by atoms with Crippen molar-refractivity contribution < 1.29 is 5.11 Å². The molecule has 17 heavy (non-hydrogen) atoms. The summed E-state index contributed by atoms with van der Waals surface area (Å²) in [6.07, 6.45) is 0. The Morgan fingerprint density at radius 3 is 2.59 bits per heavy atom. The second-order valence-corrected chi connectivity index (χ2v) is 5.43. The van der Waals surface area contributed by atoms with Crippen molar-refractivity contribution >= 4 is 34.5 Å². The van der Waals surface area contributed by atoms with E-state index in [0.29, 0.717) is 10.0 Å². The molecule has 0 amide bonds. The highest BCUT2D eigenvalue weighted by Crippen LogP contribution is 2.28. The fourth-order valence-electron chi connectivity index (χ4n) is 1.43. The number of nitrogens with two attached hydrogens (primary N) is 1. The predicted molar refractivity (Wildman–Crippen MR) is 76.9 cm³/mol. The summed E-state index contributed by atoms with van der Waals surface area (Å²) in [4.78, 5) is 2.24. The lowest BCUT2D eigenvalue weighted by Crippen LogP contribution is -2.45. The zero-order valence-electron chi connectivity index (χ0n) is 10.2. The number of hydrogen-bond acceptors (Lipinski definition) is 3. The quantitative estimate of drug-likeness (QED) is 0.825. The second kappa shape index (κ2) is 5.21. The molecule has 0 atom stereocenters. The van der Waals surface area contributed by atoms with Crippen LogP contribution in [0.25, 0.3) is 0 Å². The molecule has 0 aliphatic heterocycles. The average Bonchev–Trinajstić information content (AvgIpc) is 2.28. The first kappa shape index (κ1) is 14.2. The van der Waals surface area contributed by atoms with E-state index in [-0.39, 0.29) is 6.61 Å². The van der Waals surface area contributed by atoms with Gasteiger partial charge >= 0.3 is 0 Å². The number of halogens is 1. The van der Waals surface area contributed by atoms with E-state index >= 15 is 0 Å². The topological polar surface area (TPSA) is 49.5 Å². The molecule has 3 nitrogen and oxygen atoms in total. The van der Waals surface area contributed by atoms with Crippen LogP contribution in [0.4, 0.5) is 5.69 Å². The molecule has 1 aromatic carbocycles. The molecule has 1 rings (SSSR count). The Bertz CT molecular complexity index is 435. The molecule has 0 aromatic heterocycles. The minimum atomic E-state index is -0.395. The molecule has 0 saturated carbocycles. The molecule has 0 aliphatic rings. The molecule has 3 N–H and O–H groups in total. The second-order valence-electron chi connectivity index (χ2n) is 4.56. The van der Waals surface area contributed by atoms with Crippen LogP contribution in [0.1, 0.15) is 19.4 Å². The van der Waals surface area contributed by atoms with Gasteiger partial charge in [0.25, 0.3) is 0 Å². The molecule has 1 aromatic rings. The van der Waals surface area contributed by atoms with E-state index in [4.69, 9.17) is 29.6 Å². The molecule has 94 valence electrons. The minimum absolute atomic E-state index is 0.0307. The minimum Gasteiger partial charge on any atom is -0.394 e. The Morgan fingerprint density at radius 2 is 2.12 bits per heavy atom. The van der Waals surface area contributed by atoms with E-state index in [0.717, 1.165) is 11.3 Å². The molecular formula is C12H17ClN2OS. The molecule has 0 bridgehead atoms. The Balaban J connectivity index is 3.26. The van der Waals surface area contributed by atoms with E-state index < -0.39 is 5.54 Å². The fraction of sp³-hybridized carbons (Fsp3) is 0.417. The summed E-state index contributed by atoms with van der Waals surface area (Å²) < 4.78 is 0. The summed E-state index contributed by atoms with van der Waals surface area (Å²) in [7, 11) is 1.89. The molecule has 0 radical (unpaired) electrons. The van der Waals surface area contributed by atoms with Gasteiger partial charge in [-0.2, -0.15) is 0 Å². The van der Waals surface area contributed by atoms with Crippen LogP contribution in [0, 0.1) is 0 Å². The van der Waals surface area contributed by atoms with E-state index in [1.807, 2.05) is 31.9 Å². The van der Waals surface area contributed by atoms with Crippen molar-refractivity contribution in [1.82, 2.24) is 0 Å². The Hall–Kier alpha value is -0.840. The largest absolute Gasteiger partial charge is 0.394 e. The van der Waals surface area contributed by atoms with Gasteiger partial charge in [-0.05, 0) is 32.0 Å². The Morgan fingerprint density at radius 1 is 1.53 bits per heavy atom. The maximum absolute atomic E-state index is 9.38. The van der Waals surface area contributed by atoms with Crippen LogP contribution < -0.4 is 10.6 Å². The van der Waals surface area contributed by atoms with Crippen LogP contribution in [-0.2, 0) is 0 Å². The lowest BCUT2D eigenvalue weighted by atomic mass is 10.0. The van der Waals surface area contributed by atoms with Crippen LogP contribution in [0.2, 0.25) is 5.02 Å². The zero-order chi connectivity index (χ0) is 13.2. The maximum atomic E-state index is 9.38. The molecule has 0 unspecified atom stereocenters. The van der Waals surface area contributed by atoms with Crippen molar-refractivity contribution in [3.63, 3.8) is 0 Å². The first-order chi connectivity index (χ1) is 7.79. The van der Waals surface area contributed by atoms with Crippen molar-refractivity contribution in [2.24, 2.45) is 5.73 Å². The van der Waals surface area contributed by atoms with Gasteiger partial charge in [-0.1, -0.05) is 23.8 Å². The van der Waals surface area contributed by atoms with Crippen LogP contribution in [0.15, 0.2) is 18.2 Å². The number of rotatable bonds is 4. The lowest BCUT2D eigenvalue weighted by molar-refractivity contribution is 0.216. The molecule has 5 heteroatoms. The normalized spacial score (nSPS) is 11.4. The highest BCUT2D eigenvalue weighted by atomic mass is 35.5. The van der Waals surface area contributed by atoms with Crippen molar-refractivity contribution in [3.8, 4) is 0 Å². The van der Waals surface area contributed by atoms with Crippen molar-refractivity contribution in [2.75, 3.05) is 18.6 Å². The number of thiocarbonyl (C=S) groups is 1. The number of hydrogen-bond donors (Lipinski definition) is 2. The lowest BCUT2D eigenvalue weighted by Gasteiger charge is -2.37. The van der Waals surface area contributed by atoms with Gasteiger partial charge in [-0.25, -0.2) is 0 Å². The third-order valence-corrected chi connectivity index (χ3v) is 3.34. The monoisotopic (exact) mass is 272 g/mol. The van der Waals surface area contributed by atoms with Gasteiger partial charge in [0, 0.05) is 23.3 Å². The number of nitrogens with zero attached hydrogens (tertiary/aromatic N) is 1. The molecule has 0 aliphatic carbocycles. The van der Waals surface area contributed by atoms with Gasteiger partial charge < -0.3 is 15.7 Å². The number of aliphatic hydroxyl groups excluding tert-OH is 1. The van der Waals surface area contributed by atoms with Crippen molar-refractivity contribution in [2.45, 2.75) is 19.4 Å². The Labute approximate surface area is 112 Å². The number of benzene rings is 1. The molecule has 0 spiro atoms. The molecule has 0 heterocycles. The first-order valence-electron chi connectivity index (χ1n) is 5.23. The summed E-state index contributed by atoms with van der Waals surface area (Å²) in [6.45, 7) is 3.90. The molecule has 0 saturated heterocycles. The number of aliphatic hydroxyl groups is 1. The van der Waals surface area contributed by atoms with E-state index in [1.165, 1.54) is 0 Å². The summed E-state index contributed by atoms with van der Waals surface area (Å²) in [6, 6.07) is 5.38. The van der Waals surface area contributed by atoms with Gasteiger partial charge in [0.15, 0.2) is 0 Å². The van der Waals surface area contributed by atoms with Crippen LogP contribution in [0.5, 0.6) is 0 Å². The SMILES string of the molecule is CN(c1ccc(Cl)cc1C(N)=S)C(C)(C)CO. The van der Waals surface area contributed by atoms with Gasteiger partial charge in [-0.15, -0.1) is 0 Å². The summed E-state index contributed by atoms with van der Waals surface area (Å²) in [5.74, 6) is 0. The van der Waals surface area contributed by atoms with Gasteiger partial charge in [-0.3, -0.25) is 0 Å². The first-order valence-corrected chi connectivity index (χ1v) is 6.02. The predicted octanol–water partition coefficient (Wildman–Crippen LogP) is 2.18. The van der Waals surface area contributed by atoms with E-state index in [2.05, 4.69) is 0 Å². The molecular weight excluding hydrogens is 256 g/mol. The van der Waals surface area contributed by atoms with Gasteiger partial charge in [0.2, 0.25) is 0 Å². The fourth-order valence-corrected chi connectivity index (χ4v) is 1.77. The maximum Gasteiger partial charge on any atom is 0.106 e. The van der Waals surface area contributed by atoms with Crippen LogP contribution in [0.3, 0.4) is 0 Å². The van der Waals surface area contributed by atoms with Gasteiger partial charge in [0.1, 0.15) is 4.99 Å². The van der Waals surface area contributed by atoms with E-state index in [9.17, 15) is 5.11 Å².